The summed E-state index contributed by atoms with van der Waals surface area (Å²) in [6.07, 6.45) is 1.38. The Kier molecular flexibility index (Phi) is 9.29. The Morgan fingerprint density at radius 2 is 1.24 bits per heavy atom. The predicted octanol–water partition coefficient (Wildman–Crippen LogP) is 4.22. The number of benzene rings is 2. The summed E-state index contributed by atoms with van der Waals surface area (Å²) in [5.74, 6) is -0.227. The van der Waals surface area contributed by atoms with Crippen LogP contribution >= 0.6 is 23.2 Å². The highest BCUT2D eigenvalue weighted by atomic mass is 35.5. The van der Waals surface area contributed by atoms with Gasteiger partial charge in [-0.05, 0) is 54.2 Å². The van der Waals surface area contributed by atoms with Crippen LogP contribution in [0, 0.1) is 5.92 Å². The van der Waals surface area contributed by atoms with Crippen molar-refractivity contribution in [3.8, 4) is 0 Å². The topological polar surface area (TPSA) is 70.2 Å². The minimum Gasteiger partial charge on any atom is -0.354 e. The highest BCUT2D eigenvalue weighted by Gasteiger charge is 2.23. The summed E-state index contributed by atoms with van der Waals surface area (Å²) in [7, 11) is 0. The Morgan fingerprint density at radius 1 is 0.793 bits per heavy atom. The Morgan fingerprint density at radius 3 is 1.69 bits per heavy atom. The highest BCUT2D eigenvalue weighted by Crippen LogP contribution is 2.10. The number of hydrogen-bond acceptors (Lipinski definition) is 2. The molecule has 0 saturated heterocycles. The summed E-state index contributed by atoms with van der Waals surface area (Å²) in [5, 5.41) is 9.82. The summed E-state index contributed by atoms with van der Waals surface area (Å²) in [5.41, 5.74) is 2.17. The Bertz CT molecular complexity index is 793. The van der Waals surface area contributed by atoms with Gasteiger partial charge in [0.2, 0.25) is 5.91 Å². The minimum atomic E-state index is -0.601. The molecule has 2 aromatic rings. The number of hydrogen-bond donors (Lipinski definition) is 3. The second-order valence-electron chi connectivity index (χ2n) is 7.17. The fraction of sp³-hybridized carbons (Fsp3) is 0.364. The molecule has 3 N–H and O–H groups in total. The first-order valence-electron chi connectivity index (χ1n) is 9.66. The van der Waals surface area contributed by atoms with Crippen molar-refractivity contribution in [1.82, 2.24) is 16.0 Å². The van der Waals surface area contributed by atoms with Gasteiger partial charge in [-0.25, -0.2) is 4.79 Å². The maximum atomic E-state index is 12.5. The monoisotopic (exact) mass is 435 g/mol. The second kappa shape index (κ2) is 11.7. The van der Waals surface area contributed by atoms with E-state index in [0.29, 0.717) is 36.0 Å². The summed E-state index contributed by atoms with van der Waals surface area (Å²) in [6.45, 7) is 4.76. The zero-order valence-corrected chi connectivity index (χ0v) is 18.2. The second-order valence-corrected chi connectivity index (χ2v) is 8.04. The Balaban J connectivity index is 1.75. The van der Waals surface area contributed by atoms with Crippen LogP contribution in [0.1, 0.15) is 25.0 Å². The van der Waals surface area contributed by atoms with Crippen molar-refractivity contribution in [3.05, 3.63) is 69.7 Å². The van der Waals surface area contributed by atoms with Crippen LogP contribution in [0.4, 0.5) is 4.79 Å². The standard InChI is InChI=1S/C22H27Cl2N3O2/c1-15(2)20(21(28)25-13-11-16-3-7-18(23)8-4-16)27-22(29)26-14-12-17-5-9-19(24)10-6-17/h3-10,15,20H,11-14H2,1-2H3,(H,25,28)(H2,26,27,29)/t20-/m0/s1. The van der Waals surface area contributed by atoms with Gasteiger partial charge in [-0.15, -0.1) is 0 Å². The van der Waals surface area contributed by atoms with Crippen molar-refractivity contribution in [2.75, 3.05) is 13.1 Å². The largest absolute Gasteiger partial charge is 0.354 e. The van der Waals surface area contributed by atoms with Crippen LogP contribution in [0.2, 0.25) is 10.0 Å². The zero-order chi connectivity index (χ0) is 21.2. The quantitative estimate of drug-likeness (QED) is 0.551. The molecular formula is C22H27Cl2N3O2. The van der Waals surface area contributed by atoms with E-state index in [1.54, 1.807) is 0 Å². The maximum Gasteiger partial charge on any atom is 0.315 e. The Labute approximate surface area is 182 Å². The molecule has 5 nitrogen and oxygen atoms in total. The van der Waals surface area contributed by atoms with Crippen LogP contribution in [-0.2, 0) is 17.6 Å². The summed E-state index contributed by atoms with van der Waals surface area (Å²) >= 11 is 11.7. The molecule has 0 aliphatic heterocycles. The van der Waals surface area contributed by atoms with Crippen molar-refractivity contribution in [2.24, 2.45) is 5.92 Å². The van der Waals surface area contributed by atoms with Gasteiger partial charge in [0.05, 0.1) is 0 Å². The van der Waals surface area contributed by atoms with Crippen molar-refractivity contribution >= 4 is 35.1 Å². The van der Waals surface area contributed by atoms with Crippen LogP contribution in [0.5, 0.6) is 0 Å². The van der Waals surface area contributed by atoms with E-state index in [9.17, 15) is 9.59 Å². The molecule has 0 unspecified atom stereocenters. The molecule has 0 aromatic heterocycles. The zero-order valence-electron chi connectivity index (χ0n) is 16.7. The first-order chi connectivity index (χ1) is 13.8. The van der Waals surface area contributed by atoms with E-state index < -0.39 is 6.04 Å². The third-order valence-electron chi connectivity index (χ3n) is 4.47. The molecule has 2 rings (SSSR count). The van der Waals surface area contributed by atoms with Gasteiger partial charge in [0.1, 0.15) is 6.04 Å². The fourth-order valence-electron chi connectivity index (χ4n) is 2.79. The molecule has 0 aliphatic rings. The SMILES string of the molecule is CC(C)[C@H](NC(=O)NCCc1ccc(Cl)cc1)C(=O)NCCc1ccc(Cl)cc1. The first-order valence-corrected chi connectivity index (χ1v) is 10.4. The lowest BCUT2D eigenvalue weighted by Gasteiger charge is -2.22. The Hall–Kier alpha value is -2.24. The lowest BCUT2D eigenvalue weighted by molar-refractivity contribution is -0.123. The number of carbonyl (C=O) groups excluding carboxylic acids is 2. The molecule has 1 atom stereocenters. The van der Waals surface area contributed by atoms with E-state index >= 15 is 0 Å². The van der Waals surface area contributed by atoms with Gasteiger partial charge in [0.25, 0.3) is 0 Å². The molecule has 0 saturated carbocycles. The fourth-order valence-corrected chi connectivity index (χ4v) is 3.04. The summed E-state index contributed by atoms with van der Waals surface area (Å²) in [4.78, 5) is 24.7. The number of carbonyl (C=O) groups is 2. The minimum absolute atomic E-state index is 0.0347. The molecule has 3 amide bonds. The van der Waals surface area contributed by atoms with Gasteiger partial charge < -0.3 is 16.0 Å². The van der Waals surface area contributed by atoms with Gasteiger partial charge in [0.15, 0.2) is 0 Å². The van der Waals surface area contributed by atoms with Gasteiger partial charge in [-0.2, -0.15) is 0 Å². The third kappa shape index (κ3) is 8.34. The smallest absolute Gasteiger partial charge is 0.315 e. The van der Waals surface area contributed by atoms with Gasteiger partial charge in [-0.1, -0.05) is 61.3 Å². The molecule has 0 fully saturated rings. The van der Waals surface area contributed by atoms with Crippen molar-refractivity contribution in [2.45, 2.75) is 32.7 Å². The van der Waals surface area contributed by atoms with E-state index in [1.807, 2.05) is 62.4 Å². The van der Waals surface area contributed by atoms with Crippen molar-refractivity contribution in [1.29, 1.82) is 0 Å². The van der Waals surface area contributed by atoms with Crippen LogP contribution in [0.25, 0.3) is 0 Å². The molecule has 0 bridgehead atoms. The normalized spacial score (nSPS) is 11.8. The van der Waals surface area contributed by atoms with Crippen LogP contribution < -0.4 is 16.0 Å². The molecule has 2 aromatic carbocycles. The van der Waals surface area contributed by atoms with Gasteiger partial charge in [-0.3, -0.25) is 4.79 Å². The molecule has 0 spiro atoms. The number of nitrogens with one attached hydrogen (secondary N) is 3. The van der Waals surface area contributed by atoms with Gasteiger partial charge in [0, 0.05) is 23.1 Å². The molecule has 0 heterocycles. The molecule has 29 heavy (non-hydrogen) atoms. The molecular weight excluding hydrogens is 409 g/mol. The van der Waals surface area contributed by atoms with Crippen molar-refractivity contribution in [3.63, 3.8) is 0 Å². The highest BCUT2D eigenvalue weighted by molar-refractivity contribution is 6.30. The van der Waals surface area contributed by atoms with Gasteiger partial charge >= 0.3 is 6.03 Å². The van der Waals surface area contributed by atoms with E-state index in [0.717, 1.165) is 11.1 Å². The van der Waals surface area contributed by atoms with Crippen LogP contribution in [-0.4, -0.2) is 31.1 Å². The van der Waals surface area contributed by atoms with Crippen molar-refractivity contribution < 1.29 is 9.59 Å². The van der Waals surface area contributed by atoms with E-state index in [-0.39, 0.29) is 17.9 Å². The van der Waals surface area contributed by atoms with Crippen LogP contribution in [0.3, 0.4) is 0 Å². The number of amides is 3. The lowest BCUT2D eigenvalue weighted by atomic mass is 10.0. The van der Waals surface area contributed by atoms with E-state index in [1.165, 1.54) is 0 Å². The van der Waals surface area contributed by atoms with E-state index in [4.69, 9.17) is 23.2 Å². The number of halogens is 2. The maximum absolute atomic E-state index is 12.5. The average molecular weight is 436 g/mol. The third-order valence-corrected chi connectivity index (χ3v) is 4.98. The first kappa shape index (κ1) is 23.0. The molecule has 0 radical (unpaired) electrons. The van der Waals surface area contributed by atoms with E-state index in [2.05, 4.69) is 16.0 Å². The van der Waals surface area contributed by atoms with Crippen LogP contribution in [0.15, 0.2) is 48.5 Å². The molecule has 0 aliphatic carbocycles. The number of urea groups is 1. The summed E-state index contributed by atoms with van der Waals surface area (Å²) < 4.78 is 0. The number of rotatable bonds is 9. The lowest BCUT2D eigenvalue weighted by Crippen LogP contribution is -2.53. The summed E-state index contributed by atoms with van der Waals surface area (Å²) in [6, 6.07) is 14.0. The average Bonchev–Trinajstić information content (AvgIpc) is 2.69. The predicted molar refractivity (Wildman–Crippen MR) is 118 cm³/mol. The molecule has 7 heteroatoms. The molecule has 156 valence electrons.